The van der Waals surface area contributed by atoms with Crippen molar-refractivity contribution in [1.82, 2.24) is 9.97 Å². The van der Waals surface area contributed by atoms with Crippen molar-refractivity contribution >= 4 is 23.5 Å². The highest BCUT2D eigenvalue weighted by atomic mass is 35.5. The van der Waals surface area contributed by atoms with Gasteiger partial charge in [0.1, 0.15) is 10.9 Å². The maximum Gasteiger partial charge on any atom is 0.573 e. The van der Waals surface area contributed by atoms with Crippen molar-refractivity contribution in [3.63, 3.8) is 0 Å². The molecule has 2 aromatic heterocycles. The zero-order valence-electron chi connectivity index (χ0n) is 16.5. The van der Waals surface area contributed by atoms with E-state index in [0.29, 0.717) is 23.2 Å². The summed E-state index contributed by atoms with van der Waals surface area (Å²) < 4.78 is 44.3. The van der Waals surface area contributed by atoms with Crippen LogP contribution in [0.4, 0.5) is 13.2 Å². The van der Waals surface area contributed by atoms with E-state index in [1.807, 2.05) is 0 Å². The number of alkyl halides is 3. The molecular weight excluding hydrogens is 453 g/mol. The molecule has 3 aromatic rings. The maximum absolute atomic E-state index is 12.0. The largest absolute Gasteiger partial charge is 0.573 e. The highest BCUT2D eigenvalue weighted by Crippen LogP contribution is 2.23. The number of ether oxygens (including phenoxy) is 2. The zero-order valence-corrected chi connectivity index (χ0v) is 17.2. The molecule has 2 heterocycles. The number of carboxylic acid groups (broad SMARTS) is 1. The minimum atomic E-state index is -4.72. The summed E-state index contributed by atoms with van der Waals surface area (Å²) in [7, 11) is 1.32. The number of rotatable bonds is 5. The van der Waals surface area contributed by atoms with Gasteiger partial charge in [0.05, 0.1) is 18.2 Å². The van der Waals surface area contributed by atoms with Crippen molar-refractivity contribution in [2.45, 2.75) is 12.8 Å². The van der Waals surface area contributed by atoms with E-state index in [1.165, 1.54) is 68.0 Å². The molecule has 0 aliphatic carbocycles. The number of aromatic carboxylic acids is 1. The second kappa shape index (κ2) is 11.1. The Balaban J connectivity index is 0.000000278. The molecule has 32 heavy (non-hydrogen) atoms. The third-order valence-corrected chi connectivity index (χ3v) is 3.96. The minimum Gasteiger partial charge on any atom is -0.478 e. The summed E-state index contributed by atoms with van der Waals surface area (Å²) in [4.78, 5) is 29.4. The third kappa shape index (κ3) is 8.23. The van der Waals surface area contributed by atoms with Crippen LogP contribution in [0.25, 0.3) is 0 Å². The molecule has 0 aliphatic rings. The molecule has 0 atom stereocenters. The Morgan fingerprint density at radius 1 is 1.00 bits per heavy atom. The van der Waals surface area contributed by atoms with Crippen molar-refractivity contribution in [2.75, 3.05) is 7.11 Å². The highest BCUT2D eigenvalue weighted by Gasteiger charge is 2.30. The summed E-state index contributed by atoms with van der Waals surface area (Å²) in [5.41, 5.74) is 1.73. The average Bonchev–Trinajstić information content (AvgIpc) is 2.74. The van der Waals surface area contributed by atoms with Crippen molar-refractivity contribution in [1.29, 1.82) is 0 Å². The predicted octanol–water partition coefficient (Wildman–Crippen LogP) is 4.79. The minimum absolute atomic E-state index is 0.108. The van der Waals surface area contributed by atoms with Crippen LogP contribution in [-0.4, -0.2) is 40.5 Å². The van der Waals surface area contributed by atoms with E-state index in [4.69, 9.17) is 16.7 Å². The van der Waals surface area contributed by atoms with E-state index >= 15 is 0 Å². The molecule has 0 aliphatic heterocycles. The first-order valence-corrected chi connectivity index (χ1v) is 9.18. The number of aromatic nitrogens is 2. The number of nitrogens with zero attached hydrogens (tertiary/aromatic N) is 2. The second-order valence-electron chi connectivity index (χ2n) is 6.07. The van der Waals surface area contributed by atoms with E-state index in [0.717, 1.165) is 0 Å². The van der Waals surface area contributed by atoms with Gasteiger partial charge in [-0.05, 0) is 42.0 Å². The van der Waals surface area contributed by atoms with Gasteiger partial charge in [-0.15, -0.1) is 13.2 Å². The van der Waals surface area contributed by atoms with Crippen LogP contribution in [0, 0.1) is 0 Å². The van der Waals surface area contributed by atoms with Crippen molar-refractivity contribution in [2.24, 2.45) is 0 Å². The fraction of sp³-hybridized carbons (Fsp3) is 0.143. The fourth-order valence-electron chi connectivity index (χ4n) is 2.37. The lowest BCUT2D eigenvalue weighted by molar-refractivity contribution is -0.274. The van der Waals surface area contributed by atoms with E-state index < -0.39 is 18.3 Å². The monoisotopic (exact) mass is 468 g/mol. The molecule has 7 nitrogen and oxygen atoms in total. The number of benzene rings is 1. The first kappa shape index (κ1) is 24.6. The van der Waals surface area contributed by atoms with Crippen LogP contribution >= 0.6 is 11.6 Å². The molecule has 1 aromatic carbocycles. The number of carbonyl (C=O) groups excluding carboxylic acids is 1. The Labute approximate surface area is 185 Å². The number of hydrogen-bond acceptors (Lipinski definition) is 6. The zero-order chi connectivity index (χ0) is 23.7. The molecule has 0 unspecified atom stereocenters. The van der Waals surface area contributed by atoms with Gasteiger partial charge < -0.3 is 14.6 Å². The maximum atomic E-state index is 12.0. The van der Waals surface area contributed by atoms with Gasteiger partial charge in [0, 0.05) is 24.5 Å². The number of pyridine rings is 2. The molecule has 0 saturated carbocycles. The van der Waals surface area contributed by atoms with Crippen molar-refractivity contribution in [3.05, 3.63) is 88.5 Å². The third-order valence-electron chi connectivity index (χ3n) is 3.75. The molecular formula is C21H16ClF3N2O5. The number of esters is 1. The summed E-state index contributed by atoms with van der Waals surface area (Å²) in [5, 5.41) is 9.15. The lowest BCUT2D eigenvalue weighted by Gasteiger charge is -2.09. The number of halogens is 4. The molecule has 0 amide bonds. The van der Waals surface area contributed by atoms with Gasteiger partial charge >= 0.3 is 18.3 Å². The van der Waals surface area contributed by atoms with Gasteiger partial charge in [-0.3, -0.25) is 4.98 Å². The summed E-state index contributed by atoms with van der Waals surface area (Å²) in [6.45, 7) is 0. The molecule has 1 N–H and O–H groups in total. The molecule has 11 heteroatoms. The standard InChI is InChI=1S/C14H10F3NO3.C7H6ClNO2/c15-14(16,17)21-12-3-1-9(2-4-12)7-11-8-10(13(19)20)5-6-18-11;1-11-7(10)5-2-3-9-6(8)4-5/h1-6,8H,7H2,(H,19,20);2-4H,1H3. The molecule has 0 bridgehead atoms. The molecule has 0 spiro atoms. The van der Waals surface area contributed by atoms with Crippen molar-refractivity contribution in [3.8, 4) is 5.75 Å². The summed E-state index contributed by atoms with van der Waals surface area (Å²) in [5.74, 6) is -1.78. The Morgan fingerprint density at radius 2 is 1.62 bits per heavy atom. The van der Waals surface area contributed by atoms with Gasteiger partial charge in [-0.1, -0.05) is 23.7 Å². The van der Waals surface area contributed by atoms with Gasteiger partial charge in [0.25, 0.3) is 0 Å². The van der Waals surface area contributed by atoms with Crippen LogP contribution in [0.1, 0.15) is 32.0 Å². The van der Waals surface area contributed by atoms with E-state index in [9.17, 15) is 22.8 Å². The molecule has 168 valence electrons. The van der Waals surface area contributed by atoms with E-state index in [-0.39, 0.29) is 16.5 Å². The molecule has 0 saturated heterocycles. The number of carboxylic acids is 1. The van der Waals surface area contributed by atoms with Crippen molar-refractivity contribution < 1.29 is 37.3 Å². The van der Waals surface area contributed by atoms with E-state index in [1.54, 1.807) is 0 Å². The van der Waals surface area contributed by atoms with Crippen LogP contribution in [0.2, 0.25) is 5.15 Å². The molecule has 0 radical (unpaired) electrons. The van der Waals surface area contributed by atoms with E-state index in [2.05, 4.69) is 19.4 Å². The topological polar surface area (TPSA) is 98.6 Å². The quantitative estimate of drug-likeness (QED) is 0.424. The number of carbonyl (C=O) groups is 2. The average molecular weight is 469 g/mol. The predicted molar refractivity (Wildman–Crippen MR) is 108 cm³/mol. The van der Waals surface area contributed by atoms with Gasteiger partial charge in [0.15, 0.2) is 0 Å². The summed E-state index contributed by atoms with van der Waals surface area (Å²) in [6.07, 6.45) is -1.58. The van der Waals surface area contributed by atoms with Crippen LogP contribution in [-0.2, 0) is 11.2 Å². The smallest absolute Gasteiger partial charge is 0.478 e. The van der Waals surface area contributed by atoms with Crippen LogP contribution in [0.5, 0.6) is 5.75 Å². The lowest BCUT2D eigenvalue weighted by Crippen LogP contribution is -2.17. The normalized spacial score (nSPS) is 10.5. The number of hydrogen-bond donors (Lipinski definition) is 1. The molecule has 3 rings (SSSR count). The van der Waals surface area contributed by atoms with Crippen LogP contribution in [0.3, 0.4) is 0 Å². The Hall–Kier alpha value is -3.66. The SMILES string of the molecule is COC(=O)c1ccnc(Cl)c1.O=C(O)c1ccnc(Cc2ccc(OC(F)(F)F)cc2)c1. The first-order valence-electron chi connectivity index (χ1n) is 8.80. The van der Waals surface area contributed by atoms with Gasteiger partial charge in [-0.2, -0.15) is 0 Å². The van der Waals surface area contributed by atoms with Gasteiger partial charge in [-0.25, -0.2) is 14.6 Å². The Morgan fingerprint density at radius 3 is 2.19 bits per heavy atom. The highest BCUT2D eigenvalue weighted by molar-refractivity contribution is 6.29. The van der Waals surface area contributed by atoms with Gasteiger partial charge in [0.2, 0.25) is 0 Å². The Bertz CT molecular complexity index is 1080. The molecule has 0 fully saturated rings. The number of methoxy groups -OCH3 is 1. The fourth-order valence-corrected chi connectivity index (χ4v) is 2.55. The second-order valence-corrected chi connectivity index (χ2v) is 6.46. The Kier molecular flexibility index (Phi) is 8.54. The van der Waals surface area contributed by atoms with Crippen LogP contribution < -0.4 is 4.74 Å². The summed E-state index contributed by atoms with van der Waals surface area (Å²) >= 11 is 5.53. The summed E-state index contributed by atoms with van der Waals surface area (Å²) in [6, 6.07) is 11.1. The first-order chi connectivity index (χ1) is 15.1. The lowest BCUT2D eigenvalue weighted by atomic mass is 10.1. The van der Waals surface area contributed by atoms with Crippen LogP contribution in [0.15, 0.2) is 60.9 Å².